The quantitative estimate of drug-likeness (QED) is 0.549. The summed E-state index contributed by atoms with van der Waals surface area (Å²) in [7, 11) is 1.37. The van der Waals surface area contributed by atoms with Crippen molar-refractivity contribution in [2.75, 3.05) is 20.2 Å². The number of hydrogen-bond acceptors (Lipinski definition) is 4. The van der Waals surface area contributed by atoms with E-state index in [0.29, 0.717) is 32.4 Å². The highest BCUT2D eigenvalue weighted by Gasteiger charge is 2.47. The molecule has 1 aliphatic heterocycles. The van der Waals surface area contributed by atoms with Crippen molar-refractivity contribution in [1.82, 2.24) is 4.90 Å². The normalized spacial score (nSPS) is 17.5. The highest BCUT2D eigenvalue weighted by atomic mass is 19.1. The monoisotopic (exact) mass is 391 g/mol. The minimum absolute atomic E-state index is 0.324. The maximum Gasteiger partial charge on any atom is 0.410 e. The molecule has 0 bridgehead atoms. The highest BCUT2D eigenvalue weighted by Crippen LogP contribution is 2.44. The summed E-state index contributed by atoms with van der Waals surface area (Å²) in [6.45, 7) is 10.2. The van der Waals surface area contributed by atoms with Gasteiger partial charge in [-0.3, -0.25) is 4.79 Å². The first-order valence-electron chi connectivity index (χ1n) is 9.55. The molecule has 1 atom stereocenters. The van der Waals surface area contributed by atoms with E-state index in [1.165, 1.54) is 19.2 Å². The van der Waals surface area contributed by atoms with Gasteiger partial charge in [-0.05, 0) is 57.7 Å². The van der Waals surface area contributed by atoms with E-state index in [1.807, 2.05) is 20.8 Å². The van der Waals surface area contributed by atoms with Crippen molar-refractivity contribution in [2.45, 2.75) is 51.0 Å². The molecule has 0 saturated carbocycles. The van der Waals surface area contributed by atoms with Crippen LogP contribution in [0.1, 0.15) is 45.6 Å². The molecular formula is C22H30FNO4. The minimum atomic E-state index is -0.569. The molecule has 1 fully saturated rings. The number of rotatable bonds is 5. The number of benzene rings is 1. The molecule has 1 heterocycles. The van der Waals surface area contributed by atoms with E-state index >= 15 is 0 Å². The average Bonchev–Trinajstić information content (AvgIpc) is 2.65. The number of methoxy groups -OCH3 is 1. The smallest absolute Gasteiger partial charge is 0.410 e. The Morgan fingerprint density at radius 3 is 2.29 bits per heavy atom. The molecule has 0 aromatic heterocycles. The fourth-order valence-electron chi connectivity index (χ4n) is 3.89. The molecule has 0 N–H and O–H groups in total. The Balaban J connectivity index is 2.34. The highest BCUT2D eigenvalue weighted by molar-refractivity contribution is 5.75. The predicted octanol–water partition coefficient (Wildman–Crippen LogP) is 4.46. The lowest BCUT2D eigenvalue weighted by atomic mass is 9.63. The van der Waals surface area contributed by atoms with Crippen LogP contribution >= 0.6 is 0 Å². The van der Waals surface area contributed by atoms with E-state index < -0.39 is 16.9 Å². The molecule has 1 aromatic carbocycles. The molecule has 1 saturated heterocycles. The lowest BCUT2D eigenvalue weighted by Gasteiger charge is -2.45. The Labute approximate surface area is 166 Å². The van der Waals surface area contributed by atoms with Crippen LogP contribution in [0.25, 0.3) is 0 Å². The molecule has 0 aliphatic carbocycles. The number of carbonyl (C=O) groups excluding carboxylic acids is 2. The van der Waals surface area contributed by atoms with Crippen molar-refractivity contribution >= 4 is 12.1 Å². The molecule has 2 rings (SSSR count). The van der Waals surface area contributed by atoms with Crippen molar-refractivity contribution in [3.05, 3.63) is 48.3 Å². The number of amides is 1. The van der Waals surface area contributed by atoms with E-state index in [9.17, 15) is 14.0 Å². The van der Waals surface area contributed by atoms with Gasteiger partial charge in [0.2, 0.25) is 0 Å². The van der Waals surface area contributed by atoms with Gasteiger partial charge in [0.1, 0.15) is 11.4 Å². The second kappa shape index (κ2) is 8.76. The number of nitrogens with zero attached hydrogens (tertiary/aromatic N) is 1. The standard InChI is InChI=1S/C22H30FNO4/c1-6-7-18(19(25)27-5)22(16-8-10-17(23)11-9-16)12-14-24(15-13-22)20(26)28-21(2,3)4/h6,8-11,18H,1,7,12-15H2,2-5H3. The molecule has 1 amide bonds. The third-order valence-corrected chi connectivity index (χ3v) is 5.28. The summed E-state index contributed by atoms with van der Waals surface area (Å²) in [5, 5.41) is 0. The summed E-state index contributed by atoms with van der Waals surface area (Å²) in [6.07, 6.45) is 2.87. The zero-order valence-corrected chi connectivity index (χ0v) is 17.2. The van der Waals surface area contributed by atoms with Crippen LogP contribution in [0.4, 0.5) is 9.18 Å². The second-order valence-corrected chi connectivity index (χ2v) is 8.23. The summed E-state index contributed by atoms with van der Waals surface area (Å²) >= 11 is 0. The SMILES string of the molecule is C=CCC(C(=O)OC)C1(c2ccc(F)cc2)CCN(C(=O)OC(C)(C)C)CC1. The Bertz CT molecular complexity index is 700. The Kier molecular flexibility index (Phi) is 6.86. The van der Waals surface area contributed by atoms with Gasteiger partial charge in [-0.1, -0.05) is 18.2 Å². The molecule has 1 unspecified atom stereocenters. The first-order valence-corrected chi connectivity index (χ1v) is 9.55. The Morgan fingerprint density at radius 2 is 1.82 bits per heavy atom. The van der Waals surface area contributed by atoms with Crippen molar-refractivity contribution in [3.8, 4) is 0 Å². The molecule has 0 radical (unpaired) electrons. The average molecular weight is 391 g/mol. The van der Waals surface area contributed by atoms with Crippen molar-refractivity contribution < 1.29 is 23.5 Å². The Morgan fingerprint density at radius 1 is 1.25 bits per heavy atom. The summed E-state index contributed by atoms with van der Waals surface area (Å²) < 4.78 is 24.0. The van der Waals surface area contributed by atoms with Crippen LogP contribution in [0, 0.1) is 11.7 Å². The van der Waals surface area contributed by atoms with Gasteiger partial charge in [0.15, 0.2) is 0 Å². The van der Waals surface area contributed by atoms with Crippen LogP contribution in [0.5, 0.6) is 0 Å². The van der Waals surface area contributed by atoms with Gasteiger partial charge in [-0.25, -0.2) is 9.18 Å². The predicted molar refractivity (Wildman–Crippen MR) is 105 cm³/mol. The van der Waals surface area contributed by atoms with Crippen LogP contribution in [-0.4, -0.2) is 42.8 Å². The van der Waals surface area contributed by atoms with Gasteiger partial charge in [0, 0.05) is 18.5 Å². The minimum Gasteiger partial charge on any atom is -0.469 e. The molecule has 154 valence electrons. The van der Waals surface area contributed by atoms with Crippen LogP contribution in [0.3, 0.4) is 0 Å². The number of piperidine rings is 1. The topological polar surface area (TPSA) is 55.8 Å². The molecule has 1 aliphatic rings. The van der Waals surface area contributed by atoms with Gasteiger partial charge in [-0.2, -0.15) is 0 Å². The van der Waals surface area contributed by atoms with Crippen molar-refractivity contribution in [1.29, 1.82) is 0 Å². The van der Waals surface area contributed by atoms with Gasteiger partial charge in [-0.15, -0.1) is 6.58 Å². The fourth-order valence-corrected chi connectivity index (χ4v) is 3.89. The first-order chi connectivity index (χ1) is 13.1. The molecule has 6 heteroatoms. The number of allylic oxidation sites excluding steroid dienone is 1. The lowest BCUT2D eigenvalue weighted by Crippen LogP contribution is -2.51. The lowest BCUT2D eigenvalue weighted by molar-refractivity contribution is -0.149. The third kappa shape index (κ3) is 4.91. The van der Waals surface area contributed by atoms with Gasteiger partial charge >= 0.3 is 12.1 Å². The Hall–Kier alpha value is -2.37. The summed E-state index contributed by atoms with van der Waals surface area (Å²) in [6, 6.07) is 6.24. The molecule has 28 heavy (non-hydrogen) atoms. The molecule has 0 spiro atoms. The zero-order chi connectivity index (χ0) is 20.9. The van der Waals surface area contributed by atoms with Crippen molar-refractivity contribution in [2.24, 2.45) is 5.92 Å². The molecule has 1 aromatic rings. The van der Waals surface area contributed by atoms with E-state index in [2.05, 4.69) is 6.58 Å². The second-order valence-electron chi connectivity index (χ2n) is 8.23. The van der Waals surface area contributed by atoms with E-state index in [0.717, 1.165) is 5.56 Å². The van der Waals surface area contributed by atoms with Crippen LogP contribution in [0.15, 0.2) is 36.9 Å². The van der Waals surface area contributed by atoms with Crippen LogP contribution in [0.2, 0.25) is 0 Å². The summed E-state index contributed by atoms with van der Waals surface area (Å²) in [4.78, 5) is 26.7. The number of carbonyl (C=O) groups is 2. The zero-order valence-electron chi connectivity index (χ0n) is 17.2. The first kappa shape index (κ1) is 21.9. The van der Waals surface area contributed by atoms with E-state index in [1.54, 1.807) is 23.1 Å². The number of halogens is 1. The summed E-state index contributed by atoms with van der Waals surface area (Å²) in [5.74, 6) is -1.11. The van der Waals surface area contributed by atoms with Crippen LogP contribution < -0.4 is 0 Å². The number of hydrogen-bond donors (Lipinski definition) is 0. The summed E-state index contributed by atoms with van der Waals surface area (Å²) in [5.41, 5.74) is -0.261. The van der Waals surface area contributed by atoms with Crippen molar-refractivity contribution in [3.63, 3.8) is 0 Å². The van der Waals surface area contributed by atoms with E-state index in [-0.39, 0.29) is 17.9 Å². The van der Waals surface area contributed by atoms with Gasteiger partial charge in [0.25, 0.3) is 0 Å². The fraction of sp³-hybridized carbons (Fsp3) is 0.545. The van der Waals surface area contributed by atoms with Gasteiger partial charge < -0.3 is 14.4 Å². The number of likely N-dealkylation sites (tertiary alicyclic amines) is 1. The van der Waals surface area contributed by atoms with E-state index in [4.69, 9.17) is 9.47 Å². The largest absolute Gasteiger partial charge is 0.469 e. The van der Waals surface area contributed by atoms with Gasteiger partial charge in [0.05, 0.1) is 13.0 Å². The molecular weight excluding hydrogens is 361 g/mol. The maximum atomic E-state index is 13.5. The third-order valence-electron chi connectivity index (χ3n) is 5.28. The molecule has 5 nitrogen and oxygen atoms in total. The number of esters is 1. The number of ether oxygens (including phenoxy) is 2. The maximum absolute atomic E-state index is 13.5. The van der Waals surface area contributed by atoms with Crippen LogP contribution in [-0.2, 0) is 19.7 Å².